The molecule has 38 heavy (non-hydrogen) atoms. The van der Waals surface area contributed by atoms with Crippen LogP contribution in [-0.2, 0) is 6.54 Å². The van der Waals surface area contributed by atoms with Crippen LogP contribution in [0.5, 0.6) is 0 Å². The van der Waals surface area contributed by atoms with Gasteiger partial charge in [0, 0.05) is 79.5 Å². The Morgan fingerprint density at radius 1 is 1.08 bits per heavy atom. The zero-order chi connectivity index (χ0) is 25.9. The van der Waals surface area contributed by atoms with Crippen molar-refractivity contribution in [2.45, 2.75) is 44.8 Å². The molecule has 0 bridgehead atoms. The molecule has 5 heterocycles. The molecule has 10 heteroatoms. The van der Waals surface area contributed by atoms with Gasteiger partial charge in [-0.05, 0) is 56.1 Å². The summed E-state index contributed by atoms with van der Waals surface area (Å²) in [4.78, 5) is 19.9. The molecule has 0 radical (unpaired) electrons. The number of aromatic nitrogens is 5. The summed E-state index contributed by atoms with van der Waals surface area (Å²) in [5, 5.41) is 5.79. The minimum atomic E-state index is 0.513. The molecular formula is C28H34ClN8S+. The zero-order valence-electron chi connectivity index (χ0n) is 21.7. The van der Waals surface area contributed by atoms with Gasteiger partial charge in [-0.25, -0.2) is 9.97 Å². The Morgan fingerprint density at radius 2 is 1.92 bits per heavy atom. The third-order valence-electron chi connectivity index (χ3n) is 7.98. The van der Waals surface area contributed by atoms with Gasteiger partial charge in [0.1, 0.15) is 11.6 Å². The number of pyridine rings is 1. The van der Waals surface area contributed by atoms with Gasteiger partial charge in [0.15, 0.2) is 0 Å². The summed E-state index contributed by atoms with van der Waals surface area (Å²) in [6.07, 6.45) is 9.00. The molecule has 0 saturated carbocycles. The van der Waals surface area contributed by atoms with Gasteiger partial charge >= 0.3 is 0 Å². The van der Waals surface area contributed by atoms with Crippen molar-refractivity contribution < 1.29 is 5.10 Å². The summed E-state index contributed by atoms with van der Waals surface area (Å²) in [6.45, 7) is 8.58. The van der Waals surface area contributed by atoms with Crippen LogP contribution in [0.4, 0.5) is 5.82 Å². The van der Waals surface area contributed by atoms with E-state index in [4.69, 9.17) is 16.6 Å². The molecule has 3 aromatic heterocycles. The second-order valence-corrected chi connectivity index (χ2v) is 11.3. The maximum Gasteiger partial charge on any atom is 0.249 e. The fourth-order valence-electron chi connectivity index (χ4n) is 5.89. The van der Waals surface area contributed by atoms with Gasteiger partial charge in [-0.1, -0.05) is 35.8 Å². The smallest absolute Gasteiger partial charge is 0.249 e. The minimum Gasteiger partial charge on any atom is -0.353 e. The van der Waals surface area contributed by atoms with Crippen molar-refractivity contribution in [3.63, 3.8) is 0 Å². The van der Waals surface area contributed by atoms with Gasteiger partial charge in [-0.15, -0.1) is 0 Å². The summed E-state index contributed by atoms with van der Waals surface area (Å²) in [5.74, 6) is 1.68. The monoisotopic (exact) mass is 549 g/mol. The second kappa shape index (κ2) is 11.5. The predicted molar refractivity (Wildman–Crippen MR) is 152 cm³/mol. The number of piperazine rings is 1. The number of H-pyrrole nitrogens is 2. The molecule has 2 aliphatic heterocycles. The van der Waals surface area contributed by atoms with Gasteiger partial charge in [0.2, 0.25) is 5.69 Å². The van der Waals surface area contributed by atoms with E-state index in [-0.39, 0.29) is 0 Å². The third kappa shape index (κ3) is 5.47. The maximum atomic E-state index is 6.70. The minimum absolute atomic E-state index is 0.513. The average Bonchev–Trinajstić information content (AvgIpc) is 3.69. The molecule has 0 spiro atoms. The lowest BCUT2D eigenvalue weighted by Gasteiger charge is -2.47. The van der Waals surface area contributed by atoms with E-state index in [0.717, 1.165) is 68.6 Å². The first-order valence-electron chi connectivity index (χ1n) is 13.5. The van der Waals surface area contributed by atoms with E-state index in [2.05, 4.69) is 65.4 Å². The number of anilines is 1. The molecule has 1 atom stereocenters. The standard InChI is InChI=1S/C28H33ClN8S/c1-2-23-18-36(28-25(29)15-22(16-32-28)27-30-9-10-31-27)13-14-37(23)24-7-11-35(12-8-24)17-20-3-5-21(6-4-20)26-19-38-34-33-26/h3-6,9-10,15-16,19,23-24H,2,7-8,11-14,17-18H2,1H3,(H,30,31)/p+1/t23-/m0/s1. The summed E-state index contributed by atoms with van der Waals surface area (Å²) < 4.78 is 4.10. The fourth-order valence-corrected chi connectivity index (χ4v) is 6.68. The average molecular weight is 550 g/mol. The number of aromatic amines is 2. The molecule has 0 amide bonds. The maximum absolute atomic E-state index is 6.70. The Balaban J connectivity index is 1.03. The van der Waals surface area contributed by atoms with Crippen molar-refractivity contribution in [2.75, 3.05) is 37.6 Å². The van der Waals surface area contributed by atoms with E-state index in [1.165, 1.54) is 35.5 Å². The molecule has 2 saturated heterocycles. The van der Waals surface area contributed by atoms with Gasteiger partial charge in [-0.3, -0.25) is 9.80 Å². The topological polar surface area (TPSA) is 78.3 Å². The van der Waals surface area contributed by atoms with Crippen LogP contribution in [0, 0.1) is 0 Å². The Morgan fingerprint density at radius 3 is 2.61 bits per heavy atom. The highest BCUT2D eigenvalue weighted by Crippen LogP contribution is 2.31. The molecule has 4 aromatic rings. The van der Waals surface area contributed by atoms with Crippen molar-refractivity contribution in [3.05, 3.63) is 64.9 Å². The van der Waals surface area contributed by atoms with Crippen molar-refractivity contribution in [3.8, 4) is 22.6 Å². The normalized spacial score (nSPS) is 19.7. The number of rotatable bonds is 7. The Bertz CT molecular complexity index is 1300. The number of halogens is 1. The molecule has 0 unspecified atom stereocenters. The number of imidazole rings is 1. The number of hydrogen-bond donors (Lipinski definition) is 1. The third-order valence-corrected chi connectivity index (χ3v) is 8.80. The lowest BCUT2D eigenvalue weighted by atomic mass is 9.97. The predicted octanol–water partition coefficient (Wildman–Crippen LogP) is 4.63. The molecule has 2 N–H and O–H groups in total. The van der Waals surface area contributed by atoms with Crippen LogP contribution in [0.15, 0.2) is 54.3 Å². The molecule has 198 valence electrons. The lowest BCUT2D eigenvalue weighted by molar-refractivity contribution is -0.431. The van der Waals surface area contributed by atoms with Crippen molar-refractivity contribution in [2.24, 2.45) is 0 Å². The fraction of sp³-hybridized carbons (Fsp3) is 0.429. The van der Waals surface area contributed by atoms with Gasteiger partial charge in [0.05, 0.1) is 14.9 Å². The molecule has 2 fully saturated rings. The van der Waals surface area contributed by atoms with Crippen molar-refractivity contribution in [1.29, 1.82) is 0 Å². The highest BCUT2D eigenvalue weighted by molar-refractivity contribution is 7.03. The van der Waals surface area contributed by atoms with Crippen LogP contribution < -0.4 is 10.00 Å². The zero-order valence-corrected chi connectivity index (χ0v) is 23.3. The number of nitrogens with zero attached hydrogens (tertiary/aromatic N) is 6. The summed E-state index contributed by atoms with van der Waals surface area (Å²) in [5.41, 5.74) is 4.56. The van der Waals surface area contributed by atoms with Crippen LogP contribution in [0.3, 0.4) is 0 Å². The number of hydrogen-bond acceptors (Lipinski definition) is 7. The second-order valence-electron chi connectivity index (χ2n) is 10.3. The molecule has 0 aliphatic carbocycles. The largest absolute Gasteiger partial charge is 0.353 e. The van der Waals surface area contributed by atoms with Crippen molar-refractivity contribution in [1.82, 2.24) is 29.2 Å². The highest BCUT2D eigenvalue weighted by Gasteiger charge is 2.34. The van der Waals surface area contributed by atoms with Crippen LogP contribution in [0.25, 0.3) is 22.6 Å². The number of likely N-dealkylation sites (tertiary alicyclic amines) is 1. The van der Waals surface area contributed by atoms with Crippen LogP contribution >= 0.6 is 23.1 Å². The molecule has 8 nitrogen and oxygen atoms in total. The first kappa shape index (κ1) is 25.4. The lowest BCUT2D eigenvalue weighted by Crippen LogP contribution is -2.58. The number of piperidine rings is 1. The van der Waals surface area contributed by atoms with E-state index in [9.17, 15) is 0 Å². The Hall–Kier alpha value is -2.85. The SMILES string of the molecule is CC[C@H]1CN(c2ncc(-c3ncc[nH]3)cc2Cl)CCN1C1CCN(Cc2ccc(-c3csn[nH+]3)cc2)CC1. The van der Waals surface area contributed by atoms with E-state index in [1.54, 1.807) is 6.20 Å². The molecule has 6 rings (SSSR count). The first-order chi connectivity index (χ1) is 18.7. The van der Waals surface area contributed by atoms with Crippen molar-refractivity contribution >= 4 is 29.0 Å². The Kier molecular flexibility index (Phi) is 7.69. The summed E-state index contributed by atoms with van der Waals surface area (Å²) in [7, 11) is 0. The Labute approximate surface area is 232 Å². The van der Waals surface area contributed by atoms with Gasteiger partial charge < -0.3 is 9.88 Å². The molecular weight excluding hydrogens is 516 g/mol. The van der Waals surface area contributed by atoms with E-state index in [1.807, 2.05) is 23.8 Å². The van der Waals surface area contributed by atoms with E-state index in [0.29, 0.717) is 17.1 Å². The highest BCUT2D eigenvalue weighted by atomic mass is 35.5. The first-order valence-corrected chi connectivity index (χ1v) is 14.7. The summed E-state index contributed by atoms with van der Waals surface area (Å²) in [6, 6.07) is 12.0. The van der Waals surface area contributed by atoms with Crippen LogP contribution in [0.1, 0.15) is 31.7 Å². The van der Waals surface area contributed by atoms with E-state index >= 15 is 0 Å². The summed E-state index contributed by atoms with van der Waals surface area (Å²) >= 11 is 8.15. The van der Waals surface area contributed by atoms with Gasteiger partial charge in [0.25, 0.3) is 0 Å². The molecule has 2 aliphatic rings. The quantitative estimate of drug-likeness (QED) is 0.362. The van der Waals surface area contributed by atoms with Crippen LogP contribution in [-0.4, -0.2) is 74.0 Å². The van der Waals surface area contributed by atoms with E-state index < -0.39 is 0 Å². The number of nitrogens with one attached hydrogen (secondary N) is 2. The number of benzene rings is 1. The molecule has 1 aromatic carbocycles. The van der Waals surface area contributed by atoms with Crippen LogP contribution in [0.2, 0.25) is 5.02 Å². The van der Waals surface area contributed by atoms with Gasteiger partial charge in [-0.2, -0.15) is 0 Å².